The van der Waals surface area contributed by atoms with Crippen LogP contribution in [0.4, 0.5) is 0 Å². The molecule has 1 aromatic carbocycles. The Kier molecular flexibility index (Phi) is 5.42. The predicted octanol–water partition coefficient (Wildman–Crippen LogP) is 2.89. The van der Waals surface area contributed by atoms with E-state index < -0.39 is 0 Å². The Bertz CT molecular complexity index is 582. The minimum absolute atomic E-state index is 0.00944. The highest BCUT2D eigenvalue weighted by atomic mass is 35.5. The summed E-state index contributed by atoms with van der Waals surface area (Å²) in [5.41, 5.74) is 0.830. The van der Waals surface area contributed by atoms with Gasteiger partial charge in [-0.05, 0) is 37.9 Å². The molecule has 0 radical (unpaired) electrons. The molecule has 0 bridgehead atoms. The summed E-state index contributed by atoms with van der Waals surface area (Å²) in [6.07, 6.45) is 1.91. The van der Waals surface area contributed by atoms with Crippen molar-refractivity contribution in [2.75, 3.05) is 20.6 Å². The molecule has 2 aromatic rings. The van der Waals surface area contributed by atoms with Gasteiger partial charge in [-0.15, -0.1) is 0 Å². The van der Waals surface area contributed by atoms with Crippen LogP contribution in [0.3, 0.4) is 0 Å². The van der Waals surface area contributed by atoms with Gasteiger partial charge in [-0.25, -0.2) is 0 Å². The summed E-state index contributed by atoms with van der Waals surface area (Å²) in [5.74, 6) is 0.777. The fourth-order valence-corrected chi connectivity index (χ4v) is 2.31. The number of hydrogen-bond donors (Lipinski definition) is 1. The van der Waals surface area contributed by atoms with E-state index in [4.69, 9.17) is 16.0 Å². The summed E-state index contributed by atoms with van der Waals surface area (Å²) in [6.45, 7) is 0.490. The number of amides is 1. The lowest BCUT2D eigenvalue weighted by Gasteiger charge is -2.22. The predicted molar refractivity (Wildman–Crippen MR) is 83.3 cm³/mol. The van der Waals surface area contributed by atoms with Crippen molar-refractivity contribution in [3.05, 3.63) is 59.0 Å². The van der Waals surface area contributed by atoms with Gasteiger partial charge in [0.1, 0.15) is 5.76 Å². The first kappa shape index (κ1) is 15.6. The molecular weight excluding hydrogens is 288 g/mol. The van der Waals surface area contributed by atoms with Gasteiger partial charge in [-0.1, -0.05) is 29.8 Å². The largest absolute Gasteiger partial charge is 0.468 e. The maximum absolute atomic E-state index is 12.0. The molecule has 2 rings (SSSR count). The van der Waals surface area contributed by atoms with Gasteiger partial charge >= 0.3 is 0 Å². The topological polar surface area (TPSA) is 45.5 Å². The highest BCUT2D eigenvalue weighted by Gasteiger charge is 2.18. The van der Waals surface area contributed by atoms with Gasteiger partial charge in [-0.3, -0.25) is 9.69 Å². The number of furan rings is 1. The number of hydrogen-bond acceptors (Lipinski definition) is 3. The van der Waals surface area contributed by atoms with Crippen LogP contribution in [0.15, 0.2) is 47.1 Å². The van der Waals surface area contributed by atoms with Crippen molar-refractivity contribution in [1.29, 1.82) is 0 Å². The molecule has 21 heavy (non-hydrogen) atoms. The summed E-state index contributed by atoms with van der Waals surface area (Å²) >= 11 is 6.06. The molecule has 1 heterocycles. The van der Waals surface area contributed by atoms with E-state index >= 15 is 0 Å². The molecule has 0 saturated heterocycles. The minimum atomic E-state index is -0.0542. The van der Waals surface area contributed by atoms with E-state index in [0.29, 0.717) is 11.6 Å². The van der Waals surface area contributed by atoms with Gasteiger partial charge in [-0.2, -0.15) is 0 Å². The molecule has 1 unspecified atom stereocenters. The molecule has 1 N–H and O–H groups in total. The molecule has 112 valence electrons. The number of carbonyl (C=O) groups is 1. The number of nitrogens with one attached hydrogen (secondary N) is 1. The third-order valence-electron chi connectivity index (χ3n) is 3.30. The van der Waals surface area contributed by atoms with Gasteiger partial charge in [0.2, 0.25) is 5.91 Å². The lowest BCUT2D eigenvalue weighted by Crippen LogP contribution is -2.35. The van der Waals surface area contributed by atoms with Gasteiger partial charge < -0.3 is 9.73 Å². The summed E-state index contributed by atoms with van der Waals surface area (Å²) in [5, 5.41) is 3.54. The monoisotopic (exact) mass is 306 g/mol. The van der Waals surface area contributed by atoms with Crippen molar-refractivity contribution in [2.24, 2.45) is 0 Å². The molecule has 0 fully saturated rings. The zero-order valence-electron chi connectivity index (χ0n) is 12.2. The van der Waals surface area contributed by atoms with Crippen LogP contribution in [0, 0.1) is 0 Å². The molecule has 5 heteroatoms. The fourth-order valence-electron chi connectivity index (χ4n) is 2.11. The average molecular weight is 307 g/mol. The average Bonchev–Trinajstić information content (AvgIpc) is 2.95. The zero-order chi connectivity index (χ0) is 15.2. The lowest BCUT2D eigenvalue weighted by molar-refractivity contribution is -0.120. The summed E-state index contributed by atoms with van der Waals surface area (Å²) in [7, 11) is 3.90. The number of benzene rings is 1. The van der Waals surface area contributed by atoms with Crippen molar-refractivity contribution in [3.63, 3.8) is 0 Å². The standard InChI is InChI=1S/C16H19ClN2O2/c1-19(2)14(15-8-5-9-21-15)11-18-16(20)10-12-6-3-4-7-13(12)17/h3-9,14H,10-11H2,1-2H3,(H,18,20). The highest BCUT2D eigenvalue weighted by Crippen LogP contribution is 2.18. The van der Waals surface area contributed by atoms with E-state index in [-0.39, 0.29) is 18.4 Å². The van der Waals surface area contributed by atoms with E-state index in [0.717, 1.165) is 11.3 Å². The quantitative estimate of drug-likeness (QED) is 0.892. The first-order valence-corrected chi connectivity index (χ1v) is 7.15. The smallest absolute Gasteiger partial charge is 0.224 e. The van der Waals surface area contributed by atoms with Crippen LogP contribution in [0.2, 0.25) is 5.02 Å². The molecule has 0 aliphatic rings. The Labute approximate surface area is 129 Å². The van der Waals surface area contributed by atoms with E-state index in [9.17, 15) is 4.79 Å². The molecule has 0 aliphatic heterocycles. The molecule has 1 aromatic heterocycles. The van der Waals surface area contributed by atoms with E-state index in [1.807, 2.05) is 49.3 Å². The van der Waals surface area contributed by atoms with Crippen LogP contribution in [0.5, 0.6) is 0 Å². The molecular formula is C16H19ClN2O2. The summed E-state index contributed by atoms with van der Waals surface area (Å²) in [4.78, 5) is 14.1. The highest BCUT2D eigenvalue weighted by molar-refractivity contribution is 6.31. The number of halogens is 1. The maximum Gasteiger partial charge on any atom is 0.224 e. The molecule has 0 spiro atoms. The van der Waals surface area contributed by atoms with Gasteiger partial charge in [0.05, 0.1) is 18.7 Å². The van der Waals surface area contributed by atoms with E-state index in [1.54, 1.807) is 12.3 Å². The molecule has 0 aliphatic carbocycles. The Morgan fingerprint density at radius 1 is 1.29 bits per heavy atom. The second-order valence-electron chi connectivity index (χ2n) is 5.07. The second kappa shape index (κ2) is 7.29. The first-order chi connectivity index (χ1) is 10.1. The Morgan fingerprint density at radius 2 is 2.05 bits per heavy atom. The third-order valence-corrected chi connectivity index (χ3v) is 3.67. The van der Waals surface area contributed by atoms with Crippen LogP contribution in [0.25, 0.3) is 0 Å². The fraction of sp³-hybridized carbons (Fsp3) is 0.312. The van der Waals surface area contributed by atoms with Crippen LogP contribution < -0.4 is 5.32 Å². The Hall–Kier alpha value is -1.78. The van der Waals surface area contributed by atoms with Crippen LogP contribution in [-0.4, -0.2) is 31.4 Å². The first-order valence-electron chi connectivity index (χ1n) is 6.78. The summed E-state index contributed by atoms with van der Waals surface area (Å²) < 4.78 is 5.41. The lowest BCUT2D eigenvalue weighted by atomic mass is 10.1. The molecule has 1 amide bonds. The van der Waals surface area contributed by atoms with Crippen molar-refractivity contribution < 1.29 is 9.21 Å². The summed E-state index contributed by atoms with van der Waals surface area (Å²) in [6, 6.07) is 11.1. The minimum Gasteiger partial charge on any atom is -0.468 e. The second-order valence-corrected chi connectivity index (χ2v) is 5.47. The zero-order valence-corrected chi connectivity index (χ0v) is 12.9. The van der Waals surface area contributed by atoms with Crippen molar-refractivity contribution in [3.8, 4) is 0 Å². The van der Waals surface area contributed by atoms with Crippen LogP contribution >= 0.6 is 11.6 Å². The number of carbonyl (C=O) groups excluding carboxylic acids is 1. The van der Waals surface area contributed by atoms with Crippen molar-refractivity contribution >= 4 is 17.5 Å². The number of nitrogens with zero attached hydrogens (tertiary/aromatic N) is 1. The molecule has 0 saturated carbocycles. The molecule has 4 nitrogen and oxygen atoms in total. The van der Waals surface area contributed by atoms with E-state index in [2.05, 4.69) is 5.32 Å². The van der Waals surface area contributed by atoms with Crippen LogP contribution in [0.1, 0.15) is 17.4 Å². The van der Waals surface area contributed by atoms with Crippen molar-refractivity contribution in [2.45, 2.75) is 12.5 Å². The van der Waals surface area contributed by atoms with Crippen LogP contribution in [-0.2, 0) is 11.2 Å². The van der Waals surface area contributed by atoms with Crippen molar-refractivity contribution in [1.82, 2.24) is 10.2 Å². The normalized spacial score (nSPS) is 12.4. The number of rotatable bonds is 6. The van der Waals surface area contributed by atoms with Gasteiger partial charge in [0.25, 0.3) is 0 Å². The maximum atomic E-state index is 12.0. The molecule has 1 atom stereocenters. The Morgan fingerprint density at radius 3 is 2.67 bits per heavy atom. The number of likely N-dealkylation sites (N-methyl/N-ethyl adjacent to an activating group) is 1. The van der Waals surface area contributed by atoms with Gasteiger partial charge in [0, 0.05) is 11.6 Å². The van der Waals surface area contributed by atoms with Gasteiger partial charge in [0.15, 0.2) is 0 Å². The Balaban J connectivity index is 1.92. The SMILES string of the molecule is CN(C)C(CNC(=O)Cc1ccccc1Cl)c1ccco1. The third kappa shape index (κ3) is 4.34. The van der Waals surface area contributed by atoms with E-state index in [1.165, 1.54) is 0 Å².